The zero-order valence-corrected chi connectivity index (χ0v) is 13.1. The fourth-order valence-electron chi connectivity index (χ4n) is 3.48. The van der Waals surface area contributed by atoms with Crippen LogP contribution in [0.5, 0.6) is 0 Å². The molecule has 0 aromatic carbocycles. The maximum atomic E-state index is 12.5. The van der Waals surface area contributed by atoms with Gasteiger partial charge in [0.15, 0.2) is 0 Å². The number of hydrogen-bond donors (Lipinski definition) is 2. The molecule has 0 spiro atoms. The minimum absolute atomic E-state index is 0.111. The number of nitrogens with two attached hydrogens (primary N) is 1. The lowest BCUT2D eigenvalue weighted by atomic mass is 9.81. The normalized spacial score (nSPS) is 27.4. The lowest BCUT2D eigenvalue weighted by Crippen LogP contribution is -2.48. The van der Waals surface area contributed by atoms with Crippen LogP contribution in [0.4, 0.5) is 0 Å². The van der Waals surface area contributed by atoms with Crippen molar-refractivity contribution < 1.29 is 9.59 Å². The summed E-state index contributed by atoms with van der Waals surface area (Å²) in [4.78, 5) is 25.9. The van der Waals surface area contributed by atoms with Gasteiger partial charge in [-0.3, -0.25) is 9.59 Å². The monoisotopic (exact) mass is 295 g/mol. The minimum atomic E-state index is 0.111. The van der Waals surface area contributed by atoms with Crippen molar-refractivity contribution in [2.75, 3.05) is 19.6 Å². The van der Waals surface area contributed by atoms with E-state index >= 15 is 0 Å². The van der Waals surface area contributed by atoms with Crippen molar-refractivity contribution in [3.8, 4) is 0 Å². The van der Waals surface area contributed by atoms with Crippen molar-refractivity contribution in [3.63, 3.8) is 0 Å². The molecule has 1 aliphatic carbocycles. The number of nitrogens with zero attached hydrogens (tertiary/aromatic N) is 1. The highest BCUT2D eigenvalue weighted by Crippen LogP contribution is 2.30. The van der Waals surface area contributed by atoms with Gasteiger partial charge in [-0.25, -0.2) is 0 Å². The Bertz CT molecular complexity index is 357. The summed E-state index contributed by atoms with van der Waals surface area (Å²) in [5, 5.41) is 3.03. The largest absolute Gasteiger partial charge is 0.353 e. The van der Waals surface area contributed by atoms with Gasteiger partial charge < -0.3 is 16.0 Å². The van der Waals surface area contributed by atoms with E-state index in [0.717, 1.165) is 58.2 Å². The van der Waals surface area contributed by atoms with E-state index in [1.165, 1.54) is 0 Å². The van der Waals surface area contributed by atoms with Crippen LogP contribution in [-0.4, -0.2) is 42.4 Å². The van der Waals surface area contributed by atoms with Gasteiger partial charge in [0, 0.05) is 31.5 Å². The second kappa shape index (κ2) is 7.78. The Hall–Kier alpha value is -1.10. The molecule has 2 aliphatic rings. The fraction of sp³-hybridized carbons (Fsp3) is 0.875. The molecule has 21 heavy (non-hydrogen) atoms. The molecule has 0 radical (unpaired) electrons. The Balaban J connectivity index is 1.74. The second-order valence-electron chi connectivity index (χ2n) is 6.47. The molecule has 2 rings (SSSR count). The van der Waals surface area contributed by atoms with E-state index < -0.39 is 0 Å². The number of hydrogen-bond acceptors (Lipinski definition) is 3. The van der Waals surface area contributed by atoms with Crippen molar-refractivity contribution in [3.05, 3.63) is 0 Å². The van der Waals surface area contributed by atoms with E-state index in [9.17, 15) is 9.59 Å². The third kappa shape index (κ3) is 4.43. The molecule has 3 N–H and O–H groups in total. The molecule has 1 saturated heterocycles. The van der Waals surface area contributed by atoms with E-state index in [4.69, 9.17) is 5.73 Å². The van der Waals surface area contributed by atoms with Gasteiger partial charge in [-0.1, -0.05) is 6.92 Å². The second-order valence-corrected chi connectivity index (χ2v) is 6.47. The maximum absolute atomic E-state index is 12.5. The number of carbonyl (C=O) groups excluding carboxylic acids is 2. The molecule has 0 bridgehead atoms. The number of rotatable bonds is 4. The van der Waals surface area contributed by atoms with E-state index in [-0.39, 0.29) is 17.9 Å². The molecule has 0 atom stereocenters. The van der Waals surface area contributed by atoms with Crippen molar-refractivity contribution in [1.29, 1.82) is 0 Å². The molecule has 120 valence electrons. The van der Waals surface area contributed by atoms with Crippen LogP contribution in [0.3, 0.4) is 0 Å². The third-order valence-corrected chi connectivity index (χ3v) is 5.02. The van der Waals surface area contributed by atoms with Gasteiger partial charge in [0.2, 0.25) is 11.8 Å². The van der Waals surface area contributed by atoms with E-state index in [1.807, 2.05) is 11.8 Å². The highest BCUT2D eigenvalue weighted by molar-refractivity contribution is 5.79. The Kier molecular flexibility index (Phi) is 6.03. The Morgan fingerprint density at radius 2 is 1.71 bits per heavy atom. The standard InChI is InChI=1S/C16H29N3O2/c1-2-15(20)18-14-7-9-19(10-8-14)16(21)13-5-3-12(11-17)4-6-13/h12-14H,2-11,17H2,1H3,(H,18,20). The summed E-state index contributed by atoms with van der Waals surface area (Å²) in [6, 6.07) is 0.245. The first-order chi connectivity index (χ1) is 10.1. The highest BCUT2D eigenvalue weighted by atomic mass is 16.2. The number of likely N-dealkylation sites (tertiary alicyclic amines) is 1. The number of carbonyl (C=O) groups is 2. The first kappa shape index (κ1) is 16.3. The van der Waals surface area contributed by atoms with Crippen molar-refractivity contribution >= 4 is 11.8 Å². The molecule has 5 nitrogen and oxygen atoms in total. The predicted octanol–water partition coefficient (Wildman–Crippen LogP) is 1.27. The van der Waals surface area contributed by atoms with E-state index in [0.29, 0.717) is 18.2 Å². The topological polar surface area (TPSA) is 75.4 Å². The molecular formula is C16H29N3O2. The number of amides is 2. The Morgan fingerprint density at radius 1 is 1.10 bits per heavy atom. The van der Waals surface area contributed by atoms with Crippen molar-refractivity contribution in [1.82, 2.24) is 10.2 Å². The predicted molar refractivity (Wildman–Crippen MR) is 82.5 cm³/mol. The zero-order valence-electron chi connectivity index (χ0n) is 13.1. The number of piperidine rings is 1. The van der Waals surface area contributed by atoms with Crippen LogP contribution >= 0.6 is 0 Å². The van der Waals surface area contributed by atoms with E-state index in [2.05, 4.69) is 5.32 Å². The summed E-state index contributed by atoms with van der Waals surface area (Å²) in [5.41, 5.74) is 5.70. The summed E-state index contributed by atoms with van der Waals surface area (Å²) in [7, 11) is 0. The van der Waals surface area contributed by atoms with Crippen LogP contribution in [0.15, 0.2) is 0 Å². The quantitative estimate of drug-likeness (QED) is 0.820. The zero-order chi connectivity index (χ0) is 15.2. The van der Waals surface area contributed by atoms with Gasteiger partial charge in [-0.2, -0.15) is 0 Å². The van der Waals surface area contributed by atoms with Crippen LogP contribution in [0.2, 0.25) is 0 Å². The molecule has 1 heterocycles. The van der Waals surface area contributed by atoms with Crippen molar-refractivity contribution in [2.45, 2.75) is 57.9 Å². The van der Waals surface area contributed by atoms with Crippen molar-refractivity contribution in [2.24, 2.45) is 17.6 Å². The Morgan fingerprint density at radius 3 is 2.24 bits per heavy atom. The van der Waals surface area contributed by atoms with E-state index in [1.54, 1.807) is 0 Å². The molecule has 2 fully saturated rings. The molecule has 0 aromatic rings. The molecule has 0 aromatic heterocycles. The first-order valence-corrected chi connectivity index (χ1v) is 8.42. The molecule has 1 aliphatic heterocycles. The number of nitrogens with one attached hydrogen (secondary N) is 1. The average molecular weight is 295 g/mol. The summed E-state index contributed by atoms with van der Waals surface area (Å²) in [6.07, 6.45) is 6.47. The van der Waals surface area contributed by atoms with Gasteiger partial charge in [0.25, 0.3) is 0 Å². The van der Waals surface area contributed by atoms with Gasteiger partial charge in [0.05, 0.1) is 0 Å². The van der Waals surface area contributed by atoms with Gasteiger partial charge in [-0.15, -0.1) is 0 Å². The van der Waals surface area contributed by atoms with Gasteiger partial charge >= 0.3 is 0 Å². The van der Waals surface area contributed by atoms with Gasteiger partial charge in [-0.05, 0) is 51.0 Å². The minimum Gasteiger partial charge on any atom is -0.353 e. The lowest BCUT2D eigenvalue weighted by Gasteiger charge is -2.36. The molecule has 1 saturated carbocycles. The lowest BCUT2D eigenvalue weighted by molar-refractivity contribution is -0.138. The van der Waals surface area contributed by atoms with Crippen LogP contribution in [0, 0.1) is 11.8 Å². The van der Waals surface area contributed by atoms with Crippen LogP contribution in [-0.2, 0) is 9.59 Å². The summed E-state index contributed by atoms with van der Waals surface area (Å²) in [6.45, 7) is 4.18. The summed E-state index contributed by atoms with van der Waals surface area (Å²) in [5.74, 6) is 1.25. The fourth-order valence-corrected chi connectivity index (χ4v) is 3.48. The molecule has 5 heteroatoms. The highest BCUT2D eigenvalue weighted by Gasteiger charge is 2.31. The summed E-state index contributed by atoms with van der Waals surface area (Å²) >= 11 is 0. The summed E-state index contributed by atoms with van der Waals surface area (Å²) < 4.78 is 0. The first-order valence-electron chi connectivity index (χ1n) is 8.42. The molecule has 2 amide bonds. The third-order valence-electron chi connectivity index (χ3n) is 5.02. The molecular weight excluding hydrogens is 266 g/mol. The van der Waals surface area contributed by atoms with Crippen LogP contribution in [0.25, 0.3) is 0 Å². The van der Waals surface area contributed by atoms with Crippen LogP contribution < -0.4 is 11.1 Å². The van der Waals surface area contributed by atoms with Crippen LogP contribution in [0.1, 0.15) is 51.9 Å². The van der Waals surface area contributed by atoms with Gasteiger partial charge in [0.1, 0.15) is 0 Å². The smallest absolute Gasteiger partial charge is 0.225 e. The maximum Gasteiger partial charge on any atom is 0.225 e. The Labute approximate surface area is 127 Å². The molecule has 0 unspecified atom stereocenters. The SMILES string of the molecule is CCC(=O)NC1CCN(C(=O)C2CCC(CN)CC2)CC1. The average Bonchev–Trinajstić information content (AvgIpc) is 2.55.